The molecular weight excluding hydrogens is 308 g/mol. The van der Waals surface area contributed by atoms with Crippen LogP contribution in [-0.4, -0.2) is 73.8 Å². The summed E-state index contributed by atoms with van der Waals surface area (Å²) >= 11 is 0. The molecule has 4 rings (SSSR count). The van der Waals surface area contributed by atoms with Crippen LogP contribution < -0.4 is 15.1 Å². The Kier molecular flexibility index (Phi) is 4.94. The lowest BCUT2D eigenvalue weighted by atomic mass is 10.2. The van der Waals surface area contributed by atoms with Gasteiger partial charge in [0.1, 0.15) is 0 Å². The molecule has 8 heteroatoms. The van der Waals surface area contributed by atoms with Gasteiger partial charge < -0.3 is 24.6 Å². The van der Waals surface area contributed by atoms with Gasteiger partial charge in [-0.25, -0.2) is 0 Å². The first-order valence-corrected chi connectivity index (χ1v) is 9.07. The maximum absolute atomic E-state index is 5.49. The number of rotatable bonds is 4. The van der Waals surface area contributed by atoms with Gasteiger partial charge in [-0.15, -0.1) is 10.2 Å². The average Bonchev–Trinajstić information content (AvgIpc) is 3.16. The molecule has 2 aliphatic heterocycles. The van der Waals surface area contributed by atoms with Gasteiger partial charge in [0.25, 0.3) is 0 Å². The molecule has 3 fully saturated rings. The van der Waals surface area contributed by atoms with Crippen LogP contribution in [-0.2, 0) is 9.47 Å². The second-order valence-corrected chi connectivity index (χ2v) is 6.61. The van der Waals surface area contributed by atoms with E-state index in [2.05, 4.69) is 25.3 Å². The number of hydrogen-bond acceptors (Lipinski definition) is 8. The van der Waals surface area contributed by atoms with Gasteiger partial charge in [0, 0.05) is 32.2 Å². The Bertz CT molecular complexity index is 539. The Morgan fingerprint density at radius 1 is 0.792 bits per heavy atom. The highest BCUT2D eigenvalue weighted by atomic mass is 16.5. The zero-order valence-corrected chi connectivity index (χ0v) is 14.1. The van der Waals surface area contributed by atoms with Crippen molar-refractivity contribution in [3.63, 3.8) is 0 Å². The molecular formula is C16H26N6O2. The van der Waals surface area contributed by atoms with Gasteiger partial charge in [-0.05, 0) is 12.8 Å². The van der Waals surface area contributed by atoms with E-state index in [1.165, 1.54) is 25.7 Å². The second-order valence-electron chi connectivity index (χ2n) is 6.61. The number of nitrogens with one attached hydrogen (secondary N) is 1. The van der Waals surface area contributed by atoms with E-state index in [0.717, 1.165) is 64.2 Å². The maximum atomic E-state index is 5.49. The summed E-state index contributed by atoms with van der Waals surface area (Å²) in [4.78, 5) is 9.33. The van der Waals surface area contributed by atoms with Crippen LogP contribution in [0.1, 0.15) is 25.7 Å². The molecule has 0 amide bonds. The van der Waals surface area contributed by atoms with E-state index >= 15 is 0 Å². The third-order valence-electron chi connectivity index (χ3n) is 4.96. The zero-order chi connectivity index (χ0) is 16.2. The van der Waals surface area contributed by atoms with Crippen LogP contribution in [0, 0.1) is 0 Å². The summed E-state index contributed by atoms with van der Waals surface area (Å²) in [5.74, 6) is 2.45. The van der Waals surface area contributed by atoms with Gasteiger partial charge in [0.15, 0.2) is 11.6 Å². The molecule has 0 atom stereocenters. The smallest absolute Gasteiger partial charge is 0.245 e. The van der Waals surface area contributed by atoms with E-state index < -0.39 is 0 Å². The SMILES string of the molecule is C1CCC(Nc2nnc(N3CCOCC3)c(N3CCOCC3)n2)C1. The molecule has 0 aromatic carbocycles. The van der Waals surface area contributed by atoms with Crippen LogP contribution in [0.4, 0.5) is 17.6 Å². The molecule has 2 saturated heterocycles. The fourth-order valence-corrected chi connectivity index (χ4v) is 3.59. The fourth-order valence-electron chi connectivity index (χ4n) is 3.59. The largest absolute Gasteiger partial charge is 0.378 e. The van der Waals surface area contributed by atoms with Crippen LogP contribution in [0.25, 0.3) is 0 Å². The minimum Gasteiger partial charge on any atom is -0.378 e. The summed E-state index contributed by atoms with van der Waals surface area (Å²) in [6.07, 6.45) is 4.96. The fraction of sp³-hybridized carbons (Fsp3) is 0.812. The van der Waals surface area contributed by atoms with Crippen molar-refractivity contribution >= 4 is 17.6 Å². The van der Waals surface area contributed by atoms with Gasteiger partial charge in [-0.1, -0.05) is 12.8 Å². The quantitative estimate of drug-likeness (QED) is 0.870. The molecule has 1 aromatic rings. The van der Waals surface area contributed by atoms with E-state index in [-0.39, 0.29) is 0 Å². The molecule has 8 nitrogen and oxygen atoms in total. The van der Waals surface area contributed by atoms with Crippen molar-refractivity contribution < 1.29 is 9.47 Å². The van der Waals surface area contributed by atoms with Crippen molar-refractivity contribution in [3.8, 4) is 0 Å². The van der Waals surface area contributed by atoms with Crippen LogP contribution in [0.5, 0.6) is 0 Å². The third kappa shape index (κ3) is 3.54. The van der Waals surface area contributed by atoms with Gasteiger partial charge in [-0.2, -0.15) is 4.98 Å². The molecule has 24 heavy (non-hydrogen) atoms. The highest BCUT2D eigenvalue weighted by molar-refractivity contribution is 5.63. The number of aromatic nitrogens is 3. The zero-order valence-electron chi connectivity index (χ0n) is 14.1. The standard InChI is InChI=1S/C16H26N6O2/c1-2-4-13(3-1)17-16-18-14(21-5-9-23-10-6-21)15(19-20-16)22-7-11-24-12-8-22/h13H,1-12H2,(H,17,18,20). The number of ether oxygens (including phenoxy) is 2. The Hall–Kier alpha value is -1.67. The average molecular weight is 334 g/mol. The van der Waals surface area contributed by atoms with Gasteiger partial charge >= 0.3 is 0 Å². The van der Waals surface area contributed by atoms with Crippen molar-refractivity contribution in [1.29, 1.82) is 0 Å². The molecule has 1 N–H and O–H groups in total. The predicted octanol–water partition coefficient (Wildman–Crippen LogP) is 0.899. The lowest BCUT2D eigenvalue weighted by molar-refractivity contribution is 0.120. The molecule has 0 bridgehead atoms. The second kappa shape index (κ2) is 7.48. The first-order valence-electron chi connectivity index (χ1n) is 9.07. The lowest BCUT2D eigenvalue weighted by Gasteiger charge is -2.33. The lowest BCUT2D eigenvalue weighted by Crippen LogP contribution is -2.41. The molecule has 132 valence electrons. The Morgan fingerprint density at radius 3 is 2.00 bits per heavy atom. The van der Waals surface area contributed by atoms with Crippen LogP contribution >= 0.6 is 0 Å². The molecule has 3 heterocycles. The molecule has 0 radical (unpaired) electrons. The molecule has 0 spiro atoms. The Balaban J connectivity index is 1.58. The van der Waals surface area contributed by atoms with E-state index in [9.17, 15) is 0 Å². The predicted molar refractivity (Wildman–Crippen MR) is 91.8 cm³/mol. The van der Waals surface area contributed by atoms with Crippen LogP contribution in [0.3, 0.4) is 0 Å². The van der Waals surface area contributed by atoms with E-state index in [1.807, 2.05) is 0 Å². The Morgan fingerprint density at radius 2 is 1.38 bits per heavy atom. The number of morpholine rings is 2. The summed E-state index contributed by atoms with van der Waals surface area (Å²) in [7, 11) is 0. The molecule has 0 unspecified atom stereocenters. The highest BCUT2D eigenvalue weighted by Crippen LogP contribution is 2.28. The van der Waals surface area contributed by atoms with E-state index in [4.69, 9.17) is 14.5 Å². The van der Waals surface area contributed by atoms with Crippen molar-refractivity contribution in [2.45, 2.75) is 31.7 Å². The molecule has 1 aromatic heterocycles. The molecule has 1 aliphatic carbocycles. The topological polar surface area (TPSA) is 75.6 Å². The number of nitrogens with zero attached hydrogens (tertiary/aromatic N) is 5. The minimum absolute atomic E-state index is 0.485. The summed E-state index contributed by atoms with van der Waals surface area (Å²) in [6.45, 7) is 6.29. The maximum Gasteiger partial charge on any atom is 0.245 e. The van der Waals surface area contributed by atoms with Crippen molar-refractivity contribution in [1.82, 2.24) is 15.2 Å². The van der Waals surface area contributed by atoms with E-state index in [0.29, 0.717) is 12.0 Å². The van der Waals surface area contributed by atoms with Crippen molar-refractivity contribution in [3.05, 3.63) is 0 Å². The van der Waals surface area contributed by atoms with Gasteiger partial charge in [-0.3, -0.25) is 0 Å². The summed E-state index contributed by atoms with van der Waals surface area (Å²) in [5.41, 5.74) is 0. The minimum atomic E-state index is 0.485. The van der Waals surface area contributed by atoms with Crippen LogP contribution in [0.2, 0.25) is 0 Å². The monoisotopic (exact) mass is 334 g/mol. The number of anilines is 3. The third-order valence-corrected chi connectivity index (χ3v) is 4.96. The first kappa shape index (κ1) is 15.8. The summed E-state index contributed by atoms with van der Waals surface area (Å²) in [6, 6.07) is 0.485. The van der Waals surface area contributed by atoms with Gasteiger partial charge in [0.2, 0.25) is 5.95 Å². The molecule has 1 saturated carbocycles. The highest BCUT2D eigenvalue weighted by Gasteiger charge is 2.25. The van der Waals surface area contributed by atoms with E-state index in [1.54, 1.807) is 0 Å². The van der Waals surface area contributed by atoms with Crippen molar-refractivity contribution in [2.75, 3.05) is 67.7 Å². The summed E-state index contributed by atoms with van der Waals surface area (Å²) < 4.78 is 11.0. The van der Waals surface area contributed by atoms with Gasteiger partial charge in [0.05, 0.1) is 26.4 Å². The normalized spacial score (nSPS) is 22.8. The number of hydrogen-bond donors (Lipinski definition) is 1. The van der Waals surface area contributed by atoms with Crippen molar-refractivity contribution in [2.24, 2.45) is 0 Å². The first-order chi connectivity index (χ1) is 11.9. The molecule has 3 aliphatic rings. The summed E-state index contributed by atoms with van der Waals surface area (Å²) in [5, 5.41) is 12.4. The van der Waals surface area contributed by atoms with Crippen LogP contribution in [0.15, 0.2) is 0 Å². The Labute approximate surface area is 142 Å².